The van der Waals surface area contributed by atoms with Crippen molar-refractivity contribution in [2.24, 2.45) is 5.41 Å². The molecule has 4 rings (SSSR count). The van der Waals surface area contributed by atoms with Crippen molar-refractivity contribution in [1.29, 1.82) is 0 Å². The van der Waals surface area contributed by atoms with E-state index in [1.165, 1.54) is 0 Å². The average molecular weight is 338 g/mol. The average Bonchev–Trinajstić information content (AvgIpc) is 2.92. The van der Waals surface area contributed by atoms with E-state index in [4.69, 9.17) is 9.26 Å². The molecule has 1 aromatic carbocycles. The van der Waals surface area contributed by atoms with Gasteiger partial charge in [0.1, 0.15) is 5.75 Å². The van der Waals surface area contributed by atoms with Crippen LogP contribution in [0, 0.1) is 12.3 Å². The molecule has 25 heavy (non-hydrogen) atoms. The maximum atomic E-state index is 13.0. The summed E-state index contributed by atoms with van der Waals surface area (Å²) in [4.78, 5) is 13.0. The Morgan fingerprint density at radius 2 is 2.12 bits per heavy atom. The Bertz CT molecular complexity index is 892. The van der Waals surface area contributed by atoms with Gasteiger partial charge in [-0.3, -0.25) is 4.79 Å². The van der Waals surface area contributed by atoms with E-state index in [0.717, 1.165) is 40.3 Å². The minimum Gasteiger partial charge on any atom is -0.497 e. The molecular formula is C20H22N2O3. The molecule has 5 nitrogen and oxygen atoms in total. The Kier molecular flexibility index (Phi) is 3.49. The number of carbonyl (C=O) groups is 1. The van der Waals surface area contributed by atoms with Gasteiger partial charge in [0.25, 0.3) is 0 Å². The van der Waals surface area contributed by atoms with E-state index in [9.17, 15) is 4.79 Å². The number of hydrogen-bond acceptors (Lipinski definition) is 5. The number of benzene rings is 1. The topological polar surface area (TPSA) is 64.4 Å². The van der Waals surface area contributed by atoms with E-state index in [2.05, 4.69) is 24.3 Å². The van der Waals surface area contributed by atoms with Crippen molar-refractivity contribution < 1.29 is 14.1 Å². The summed E-state index contributed by atoms with van der Waals surface area (Å²) in [6.45, 7) is 6.16. The third-order valence-corrected chi connectivity index (χ3v) is 5.10. The lowest BCUT2D eigenvalue weighted by Gasteiger charge is -2.37. The van der Waals surface area contributed by atoms with Crippen LogP contribution in [0.4, 0.5) is 5.88 Å². The highest BCUT2D eigenvalue weighted by Crippen LogP contribution is 2.50. The van der Waals surface area contributed by atoms with Gasteiger partial charge in [0, 0.05) is 23.6 Å². The van der Waals surface area contributed by atoms with Crippen LogP contribution in [0.25, 0.3) is 0 Å². The zero-order valence-electron chi connectivity index (χ0n) is 15.0. The van der Waals surface area contributed by atoms with Gasteiger partial charge >= 0.3 is 0 Å². The highest BCUT2D eigenvalue weighted by molar-refractivity contribution is 6.01. The van der Waals surface area contributed by atoms with Crippen molar-refractivity contribution in [2.45, 2.75) is 39.5 Å². The molecule has 0 saturated carbocycles. The van der Waals surface area contributed by atoms with Gasteiger partial charge in [0.2, 0.25) is 5.88 Å². The molecule has 0 saturated heterocycles. The predicted molar refractivity (Wildman–Crippen MR) is 94.7 cm³/mol. The van der Waals surface area contributed by atoms with Gasteiger partial charge in [-0.15, -0.1) is 0 Å². The number of hydrogen-bond donors (Lipinski definition) is 1. The lowest BCUT2D eigenvalue weighted by atomic mass is 9.69. The van der Waals surface area contributed by atoms with E-state index < -0.39 is 0 Å². The number of aromatic nitrogens is 1. The van der Waals surface area contributed by atoms with Crippen LogP contribution in [0.15, 0.2) is 40.1 Å². The Balaban J connectivity index is 1.93. The molecule has 1 aliphatic heterocycles. The molecule has 1 aromatic heterocycles. The van der Waals surface area contributed by atoms with E-state index in [1.807, 2.05) is 31.2 Å². The van der Waals surface area contributed by atoms with Gasteiger partial charge in [0.15, 0.2) is 5.78 Å². The summed E-state index contributed by atoms with van der Waals surface area (Å²) in [6.07, 6.45) is 1.36. The van der Waals surface area contributed by atoms with Crippen LogP contribution in [-0.4, -0.2) is 18.0 Å². The van der Waals surface area contributed by atoms with Crippen LogP contribution >= 0.6 is 0 Å². The number of anilines is 1. The number of methoxy groups -OCH3 is 1. The molecule has 2 heterocycles. The van der Waals surface area contributed by atoms with Crippen molar-refractivity contribution in [3.8, 4) is 5.75 Å². The first-order valence-corrected chi connectivity index (χ1v) is 8.53. The van der Waals surface area contributed by atoms with Gasteiger partial charge in [-0.1, -0.05) is 31.1 Å². The second-order valence-electron chi connectivity index (χ2n) is 7.68. The molecule has 1 N–H and O–H groups in total. The van der Waals surface area contributed by atoms with Crippen LogP contribution in [-0.2, 0) is 4.79 Å². The SMILES string of the molecule is COc1cccc([C@H]2C3=C(CC(C)(C)CC3=O)Nc3onc(C)c32)c1. The summed E-state index contributed by atoms with van der Waals surface area (Å²) in [6, 6.07) is 7.89. The molecule has 0 unspecified atom stereocenters. The number of carbonyl (C=O) groups excluding carboxylic acids is 1. The van der Waals surface area contributed by atoms with Crippen molar-refractivity contribution >= 4 is 11.7 Å². The van der Waals surface area contributed by atoms with Crippen LogP contribution in [0.3, 0.4) is 0 Å². The number of rotatable bonds is 2. The first kappa shape index (κ1) is 15.9. The molecule has 2 aromatic rings. The van der Waals surface area contributed by atoms with Gasteiger partial charge in [-0.05, 0) is 36.5 Å². The maximum Gasteiger partial charge on any atom is 0.233 e. The number of aryl methyl sites for hydroxylation is 1. The highest BCUT2D eigenvalue weighted by Gasteiger charge is 2.42. The number of Topliss-reactive ketones (excluding diaryl/α,β-unsaturated/α-hetero) is 1. The van der Waals surface area contributed by atoms with E-state index in [1.54, 1.807) is 7.11 Å². The van der Waals surface area contributed by atoms with Crippen molar-refractivity contribution in [2.75, 3.05) is 12.4 Å². The number of fused-ring (bicyclic) bond motifs is 1. The van der Waals surface area contributed by atoms with Crippen molar-refractivity contribution in [1.82, 2.24) is 5.16 Å². The molecule has 1 aliphatic carbocycles. The van der Waals surface area contributed by atoms with Crippen molar-refractivity contribution in [3.05, 3.63) is 52.4 Å². The number of nitrogens with one attached hydrogen (secondary N) is 1. The molecule has 0 bridgehead atoms. The van der Waals surface area contributed by atoms with Gasteiger partial charge in [-0.2, -0.15) is 0 Å². The molecule has 5 heteroatoms. The van der Waals surface area contributed by atoms with Crippen molar-refractivity contribution in [3.63, 3.8) is 0 Å². The zero-order valence-corrected chi connectivity index (χ0v) is 15.0. The molecule has 1 atom stereocenters. The second-order valence-corrected chi connectivity index (χ2v) is 7.68. The number of ether oxygens (including phenoxy) is 1. The molecule has 0 spiro atoms. The molecular weight excluding hydrogens is 316 g/mol. The number of allylic oxidation sites excluding steroid dienone is 2. The number of ketones is 1. The summed E-state index contributed by atoms with van der Waals surface area (Å²) in [5.74, 6) is 1.45. The molecule has 130 valence electrons. The van der Waals surface area contributed by atoms with Gasteiger partial charge in [-0.25, -0.2) is 0 Å². The van der Waals surface area contributed by atoms with Gasteiger partial charge in [0.05, 0.1) is 18.4 Å². The summed E-state index contributed by atoms with van der Waals surface area (Å²) >= 11 is 0. The van der Waals surface area contributed by atoms with E-state index in [-0.39, 0.29) is 17.1 Å². The molecule has 2 aliphatic rings. The Hall–Kier alpha value is -2.56. The lowest BCUT2D eigenvalue weighted by molar-refractivity contribution is -0.118. The predicted octanol–water partition coefficient (Wildman–Crippen LogP) is 4.19. The van der Waals surface area contributed by atoms with E-state index >= 15 is 0 Å². The normalized spacial score (nSPS) is 21.4. The number of nitrogens with zero attached hydrogens (tertiary/aromatic N) is 1. The Morgan fingerprint density at radius 3 is 2.88 bits per heavy atom. The molecule has 0 fully saturated rings. The summed E-state index contributed by atoms with van der Waals surface area (Å²) in [5, 5.41) is 7.46. The largest absolute Gasteiger partial charge is 0.497 e. The first-order valence-electron chi connectivity index (χ1n) is 8.53. The third-order valence-electron chi connectivity index (χ3n) is 5.10. The fourth-order valence-corrected chi connectivity index (χ4v) is 4.02. The van der Waals surface area contributed by atoms with Gasteiger partial charge < -0.3 is 14.6 Å². The lowest BCUT2D eigenvalue weighted by Crippen LogP contribution is -2.33. The monoisotopic (exact) mass is 338 g/mol. The Labute approximate surface area is 147 Å². The van der Waals surface area contributed by atoms with E-state index in [0.29, 0.717) is 12.3 Å². The summed E-state index contributed by atoms with van der Waals surface area (Å²) in [7, 11) is 1.65. The zero-order chi connectivity index (χ0) is 17.8. The minimum absolute atomic E-state index is 0.0611. The smallest absolute Gasteiger partial charge is 0.233 e. The highest BCUT2D eigenvalue weighted by atomic mass is 16.5. The minimum atomic E-state index is -0.170. The molecule has 0 radical (unpaired) electrons. The standard InChI is InChI=1S/C20H22N2O3/c1-11-16-17(12-6-5-7-13(8-12)24-4)18-14(21-19(16)25-22-11)9-20(2,3)10-15(18)23/h5-8,17,21H,9-10H2,1-4H3/t17-/m1/s1. The third kappa shape index (κ3) is 2.54. The molecule has 0 amide bonds. The fourth-order valence-electron chi connectivity index (χ4n) is 4.02. The van der Waals surface area contributed by atoms with Crippen LogP contribution in [0.2, 0.25) is 0 Å². The van der Waals surface area contributed by atoms with Crippen LogP contribution in [0.5, 0.6) is 5.75 Å². The second kappa shape index (κ2) is 5.48. The quantitative estimate of drug-likeness (QED) is 0.889. The van der Waals surface area contributed by atoms with Crippen LogP contribution in [0.1, 0.15) is 49.4 Å². The maximum absolute atomic E-state index is 13.0. The van der Waals surface area contributed by atoms with Crippen LogP contribution < -0.4 is 10.1 Å². The fraction of sp³-hybridized carbons (Fsp3) is 0.400. The summed E-state index contributed by atoms with van der Waals surface area (Å²) < 4.78 is 10.9. The Morgan fingerprint density at radius 1 is 1.32 bits per heavy atom. The summed E-state index contributed by atoms with van der Waals surface area (Å²) in [5.41, 5.74) is 4.51. The first-order chi connectivity index (χ1) is 11.9.